The molecule has 0 spiro atoms. The molecular formula is C19H29N3O. The van der Waals surface area contributed by atoms with E-state index in [9.17, 15) is 4.79 Å². The molecule has 126 valence electrons. The third-order valence-electron chi connectivity index (χ3n) is 4.79. The first-order valence-corrected chi connectivity index (χ1v) is 9.10. The molecule has 2 aliphatic rings. The standard InChI is InChI=1S/C19H29N3O/c23-19(15-20-10-13-22-11-2-1-3-12-22)17-6-4-16(5-7-17)14-21-18-8-9-18/h4-7,18,20-21H,1-3,8-15H2. The van der Waals surface area contributed by atoms with Crippen LogP contribution in [0.1, 0.15) is 48.0 Å². The van der Waals surface area contributed by atoms with Crippen LogP contribution in [-0.2, 0) is 6.54 Å². The second-order valence-corrected chi connectivity index (χ2v) is 6.85. The minimum Gasteiger partial charge on any atom is -0.310 e. The lowest BCUT2D eigenvalue weighted by Gasteiger charge is -2.26. The highest BCUT2D eigenvalue weighted by Crippen LogP contribution is 2.19. The number of nitrogens with one attached hydrogen (secondary N) is 2. The lowest BCUT2D eigenvalue weighted by atomic mass is 10.1. The highest BCUT2D eigenvalue weighted by atomic mass is 16.1. The number of benzene rings is 1. The van der Waals surface area contributed by atoms with Crippen LogP contribution in [-0.4, -0.2) is 49.4 Å². The first-order chi connectivity index (χ1) is 11.3. The molecule has 2 fully saturated rings. The fourth-order valence-electron chi connectivity index (χ4n) is 3.08. The number of carbonyl (C=O) groups is 1. The molecule has 1 aromatic rings. The van der Waals surface area contributed by atoms with Crippen LogP contribution in [0.2, 0.25) is 0 Å². The number of likely N-dealkylation sites (tertiary alicyclic amines) is 1. The third kappa shape index (κ3) is 5.72. The number of nitrogens with zero attached hydrogens (tertiary/aromatic N) is 1. The van der Waals surface area contributed by atoms with Gasteiger partial charge < -0.3 is 15.5 Å². The largest absolute Gasteiger partial charge is 0.310 e. The fraction of sp³-hybridized carbons (Fsp3) is 0.632. The zero-order chi connectivity index (χ0) is 15.9. The third-order valence-corrected chi connectivity index (χ3v) is 4.79. The van der Waals surface area contributed by atoms with Gasteiger partial charge in [-0.15, -0.1) is 0 Å². The Morgan fingerprint density at radius 2 is 1.83 bits per heavy atom. The summed E-state index contributed by atoms with van der Waals surface area (Å²) in [5, 5.41) is 6.78. The van der Waals surface area contributed by atoms with Crippen molar-refractivity contribution in [2.75, 3.05) is 32.7 Å². The number of Topliss-reactive ketones (excluding diaryl/α,β-unsaturated/α-hetero) is 1. The predicted octanol–water partition coefficient (Wildman–Crippen LogP) is 2.20. The van der Waals surface area contributed by atoms with E-state index in [-0.39, 0.29) is 5.78 Å². The van der Waals surface area contributed by atoms with Crippen LogP contribution in [0.3, 0.4) is 0 Å². The van der Waals surface area contributed by atoms with Crippen LogP contribution in [0.25, 0.3) is 0 Å². The maximum Gasteiger partial charge on any atom is 0.176 e. The summed E-state index contributed by atoms with van der Waals surface area (Å²) in [7, 11) is 0. The van der Waals surface area contributed by atoms with Gasteiger partial charge >= 0.3 is 0 Å². The van der Waals surface area contributed by atoms with Crippen LogP contribution >= 0.6 is 0 Å². The Labute approximate surface area is 139 Å². The molecule has 1 aromatic carbocycles. The van der Waals surface area contributed by atoms with Crippen LogP contribution in [0, 0.1) is 0 Å². The fourth-order valence-corrected chi connectivity index (χ4v) is 3.08. The first-order valence-electron chi connectivity index (χ1n) is 9.10. The summed E-state index contributed by atoms with van der Waals surface area (Å²) in [5.74, 6) is 0.186. The molecule has 2 N–H and O–H groups in total. The summed E-state index contributed by atoms with van der Waals surface area (Å²) >= 11 is 0. The van der Waals surface area contributed by atoms with Crippen molar-refractivity contribution in [1.82, 2.24) is 15.5 Å². The molecule has 4 nitrogen and oxygen atoms in total. The average molecular weight is 315 g/mol. The van der Waals surface area contributed by atoms with E-state index in [0.717, 1.165) is 31.2 Å². The number of rotatable bonds is 9. The average Bonchev–Trinajstić information content (AvgIpc) is 3.42. The number of hydrogen-bond donors (Lipinski definition) is 2. The quantitative estimate of drug-likeness (QED) is 0.542. The maximum atomic E-state index is 12.2. The van der Waals surface area contributed by atoms with Crippen molar-refractivity contribution >= 4 is 5.78 Å². The van der Waals surface area contributed by atoms with Gasteiger partial charge in [-0.3, -0.25) is 4.79 Å². The van der Waals surface area contributed by atoms with Crippen molar-refractivity contribution in [2.24, 2.45) is 0 Å². The summed E-state index contributed by atoms with van der Waals surface area (Å²) in [6, 6.07) is 8.77. The SMILES string of the molecule is O=C(CNCCN1CCCCC1)c1ccc(CNC2CC2)cc1. The van der Waals surface area contributed by atoms with E-state index < -0.39 is 0 Å². The van der Waals surface area contributed by atoms with Gasteiger partial charge in [0.05, 0.1) is 6.54 Å². The van der Waals surface area contributed by atoms with Crippen LogP contribution in [0.15, 0.2) is 24.3 Å². The Bertz CT molecular complexity index is 490. The molecule has 4 heteroatoms. The topological polar surface area (TPSA) is 44.4 Å². The van der Waals surface area contributed by atoms with E-state index in [0.29, 0.717) is 6.54 Å². The summed E-state index contributed by atoms with van der Waals surface area (Å²) in [5.41, 5.74) is 2.07. The zero-order valence-corrected chi connectivity index (χ0v) is 14.0. The van der Waals surface area contributed by atoms with Gasteiger partial charge in [-0.1, -0.05) is 30.7 Å². The molecule has 1 aliphatic carbocycles. The van der Waals surface area contributed by atoms with Crippen LogP contribution < -0.4 is 10.6 Å². The van der Waals surface area contributed by atoms with E-state index in [2.05, 4.69) is 27.7 Å². The highest BCUT2D eigenvalue weighted by Gasteiger charge is 2.19. The van der Waals surface area contributed by atoms with E-state index in [1.165, 1.54) is 50.8 Å². The normalized spacial score (nSPS) is 19.0. The van der Waals surface area contributed by atoms with Gasteiger partial charge in [-0.25, -0.2) is 0 Å². The molecule has 0 bridgehead atoms. The van der Waals surface area contributed by atoms with Gasteiger partial charge in [-0.2, -0.15) is 0 Å². The van der Waals surface area contributed by atoms with Gasteiger partial charge in [0.2, 0.25) is 0 Å². The lowest BCUT2D eigenvalue weighted by molar-refractivity contribution is 0.0989. The molecule has 0 unspecified atom stereocenters. The summed E-state index contributed by atoms with van der Waals surface area (Å²) in [6.07, 6.45) is 6.62. The molecule has 1 saturated heterocycles. The molecule has 1 heterocycles. The van der Waals surface area contributed by atoms with E-state index in [1.807, 2.05) is 12.1 Å². The van der Waals surface area contributed by atoms with Crippen molar-refractivity contribution in [2.45, 2.75) is 44.7 Å². The van der Waals surface area contributed by atoms with Gasteiger partial charge in [0.1, 0.15) is 0 Å². The van der Waals surface area contributed by atoms with E-state index in [1.54, 1.807) is 0 Å². The van der Waals surface area contributed by atoms with Gasteiger partial charge in [-0.05, 0) is 44.3 Å². The van der Waals surface area contributed by atoms with Crippen molar-refractivity contribution in [1.29, 1.82) is 0 Å². The maximum absolute atomic E-state index is 12.2. The second kappa shape index (κ2) is 8.57. The monoisotopic (exact) mass is 315 g/mol. The number of carbonyl (C=O) groups excluding carboxylic acids is 1. The minimum absolute atomic E-state index is 0.186. The van der Waals surface area contributed by atoms with E-state index >= 15 is 0 Å². The first kappa shape index (κ1) is 16.6. The van der Waals surface area contributed by atoms with Crippen LogP contribution in [0.5, 0.6) is 0 Å². The molecule has 1 aliphatic heterocycles. The number of hydrogen-bond acceptors (Lipinski definition) is 4. The molecule has 0 atom stereocenters. The van der Waals surface area contributed by atoms with Crippen molar-refractivity contribution in [3.8, 4) is 0 Å². The summed E-state index contributed by atoms with van der Waals surface area (Å²) < 4.78 is 0. The second-order valence-electron chi connectivity index (χ2n) is 6.85. The zero-order valence-electron chi connectivity index (χ0n) is 14.0. The summed E-state index contributed by atoms with van der Waals surface area (Å²) in [4.78, 5) is 14.7. The van der Waals surface area contributed by atoms with Crippen molar-refractivity contribution in [3.63, 3.8) is 0 Å². The minimum atomic E-state index is 0.186. The van der Waals surface area contributed by atoms with Crippen molar-refractivity contribution < 1.29 is 4.79 Å². The molecule has 1 saturated carbocycles. The Balaban J connectivity index is 1.33. The molecule has 3 rings (SSSR count). The molecular weight excluding hydrogens is 286 g/mol. The van der Waals surface area contributed by atoms with Gasteiger partial charge in [0.25, 0.3) is 0 Å². The van der Waals surface area contributed by atoms with Gasteiger partial charge in [0.15, 0.2) is 5.78 Å². The molecule has 23 heavy (non-hydrogen) atoms. The van der Waals surface area contributed by atoms with Gasteiger partial charge in [0, 0.05) is 31.2 Å². The lowest BCUT2D eigenvalue weighted by Crippen LogP contribution is -2.37. The molecule has 0 amide bonds. The predicted molar refractivity (Wildman–Crippen MR) is 93.8 cm³/mol. The highest BCUT2D eigenvalue weighted by molar-refractivity contribution is 5.97. The molecule has 0 radical (unpaired) electrons. The smallest absolute Gasteiger partial charge is 0.176 e. The van der Waals surface area contributed by atoms with Crippen LogP contribution in [0.4, 0.5) is 0 Å². The van der Waals surface area contributed by atoms with E-state index in [4.69, 9.17) is 0 Å². The Hall–Kier alpha value is -1.23. The number of piperidine rings is 1. The Morgan fingerprint density at radius 1 is 1.09 bits per heavy atom. The molecule has 0 aromatic heterocycles. The number of ketones is 1. The summed E-state index contributed by atoms with van der Waals surface area (Å²) in [6.45, 7) is 5.73. The Kier molecular flexibility index (Phi) is 6.20. The van der Waals surface area contributed by atoms with Crippen molar-refractivity contribution in [3.05, 3.63) is 35.4 Å². The Morgan fingerprint density at radius 3 is 2.52 bits per heavy atom.